The van der Waals surface area contributed by atoms with Gasteiger partial charge in [0, 0.05) is 24.0 Å². The molecule has 3 aliphatic rings. The Bertz CT molecular complexity index is 869. The highest BCUT2D eigenvalue weighted by Crippen LogP contribution is 2.52. The molecule has 3 rings (SSSR count). The minimum atomic E-state index is -0.800. The Hall–Kier alpha value is -0.780. The van der Waals surface area contributed by atoms with Crippen LogP contribution in [-0.4, -0.2) is 66.2 Å². The molecule has 0 aromatic carbocycles. The second-order valence-corrected chi connectivity index (χ2v) is 18.7. The number of rotatable bonds is 34. The molecular weight excluding hydrogens is 677 g/mol. The first kappa shape index (κ1) is 48.6. The molecule has 0 aromatic heterocycles. The predicted molar refractivity (Wildman–Crippen MR) is 234 cm³/mol. The minimum absolute atomic E-state index is 0.247. The van der Waals surface area contributed by atoms with Crippen molar-refractivity contribution in [1.82, 2.24) is 9.80 Å². The van der Waals surface area contributed by atoms with Gasteiger partial charge in [-0.3, -0.25) is 0 Å². The Morgan fingerprint density at radius 2 is 0.873 bits per heavy atom. The molecule has 0 spiro atoms. The summed E-state index contributed by atoms with van der Waals surface area (Å²) in [6.45, 7) is 16.4. The number of carboxylic acids is 1. The number of carboxylic acid groups (broad SMARTS) is 1. The van der Waals surface area contributed by atoms with E-state index in [9.17, 15) is 9.90 Å². The first-order valence-corrected chi connectivity index (χ1v) is 25.2. The fourth-order valence-electron chi connectivity index (χ4n) is 10.8. The van der Waals surface area contributed by atoms with Crippen LogP contribution in [0.2, 0.25) is 0 Å². The van der Waals surface area contributed by atoms with Gasteiger partial charge in [-0.2, -0.15) is 0 Å². The maximum Gasteiger partial charge on any atom is 0.127 e. The van der Waals surface area contributed by atoms with E-state index >= 15 is 0 Å². The number of aliphatic carboxylic acids is 1. The van der Waals surface area contributed by atoms with E-state index in [1.54, 1.807) is 5.92 Å². The third-order valence-electron chi connectivity index (χ3n) is 14.3. The molecule has 0 N–H and O–H groups in total. The van der Waals surface area contributed by atoms with Gasteiger partial charge in [-0.25, -0.2) is 0 Å². The van der Waals surface area contributed by atoms with Crippen LogP contribution >= 0.6 is 0 Å². The summed E-state index contributed by atoms with van der Waals surface area (Å²) in [6.07, 6.45) is 40.8. The number of ether oxygens (including phenoxy) is 1. The van der Waals surface area contributed by atoms with Gasteiger partial charge in [0.2, 0.25) is 0 Å². The summed E-state index contributed by atoms with van der Waals surface area (Å²) in [7, 11) is 0. The molecule has 2 saturated carbocycles. The lowest BCUT2D eigenvalue weighted by Gasteiger charge is -2.50. The number of hydrogen-bond donors (Lipinski definition) is 0. The maximum absolute atomic E-state index is 12.8. The van der Waals surface area contributed by atoms with Crippen molar-refractivity contribution in [3.05, 3.63) is 5.92 Å². The first-order chi connectivity index (χ1) is 27.0. The van der Waals surface area contributed by atoms with Crippen LogP contribution in [0.4, 0.5) is 0 Å². The van der Waals surface area contributed by atoms with Crippen molar-refractivity contribution in [2.24, 2.45) is 17.8 Å². The average Bonchev–Trinajstić information content (AvgIpc) is 3.19. The Morgan fingerprint density at radius 1 is 0.527 bits per heavy atom. The van der Waals surface area contributed by atoms with E-state index < -0.39 is 5.97 Å². The summed E-state index contributed by atoms with van der Waals surface area (Å²) in [5, 5.41) is 12.8. The first-order valence-electron chi connectivity index (χ1n) is 25.2. The van der Waals surface area contributed by atoms with Gasteiger partial charge >= 0.3 is 0 Å². The topological polar surface area (TPSA) is 55.8 Å². The van der Waals surface area contributed by atoms with E-state index in [4.69, 9.17) is 4.74 Å². The van der Waals surface area contributed by atoms with Crippen LogP contribution in [0.5, 0.6) is 0 Å². The second-order valence-electron chi connectivity index (χ2n) is 18.7. The summed E-state index contributed by atoms with van der Waals surface area (Å²) in [4.78, 5) is 18.4. The van der Waals surface area contributed by atoms with Crippen LogP contribution in [-0.2, 0) is 9.53 Å². The maximum atomic E-state index is 12.8. The number of hydrogen-bond acceptors (Lipinski definition) is 5. The third kappa shape index (κ3) is 18.4. The molecule has 1 saturated heterocycles. The lowest BCUT2D eigenvalue weighted by molar-refractivity contribution is -0.312. The predicted octanol–water partition coefficient (Wildman–Crippen LogP) is 12.9. The van der Waals surface area contributed by atoms with Crippen molar-refractivity contribution in [2.75, 3.05) is 26.2 Å². The standard InChI is InChI=1S/C50H94N2O3/c1-6-11-16-17-18-19-20-21-22-23-24-25-26-27-28-29-30-42(50(53)54)39-47-45-33-31-43(51(35-12-7-2)36-13-8-3)40-48(45)55-49-41-44(32-34-46(47)49)52(37-14-9-4)38-15-10-5/h42-46,48-49H,6-41H2,1-5H3. The van der Waals surface area contributed by atoms with Gasteiger partial charge in [-0.15, -0.1) is 0 Å². The van der Waals surface area contributed by atoms with E-state index in [1.165, 1.54) is 200 Å². The monoisotopic (exact) mass is 771 g/mol. The lowest BCUT2D eigenvalue weighted by atomic mass is 9.61. The zero-order valence-corrected chi connectivity index (χ0v) is 37.6. The van der Waals surface area contributed by atoms with Gasteiger partial charge in [0.25, 0.3) is 0 Å². The van der Waals surface area contributed by atoms with Crippen molar-refractivity contribution in [3.63, 3.8) is 0 Å². The molecule has 1 aliphatic heterocycles. The second kappa shape index (κ2) is 30.3. The van der Waals surface area contributed by atoms with Crippen molar-refractivity contribution >= 4 is 5.97 Å². The molecule has 0 bridgehead atoms. The molecule has 7 unspecified atom stereocenters. The van der Waals surface area contributed by atoms with Gasteiger partial charge in [0.15, 0.2) is 0 Å². The van der Waals surface area contributed by atoms with Crippen molar-refractivity contribution in [2.45, 2.75) is 264 Å². The molecule has 0 aromatic rings. The summed E-state index contributed by atoms with van der Waals surface area (Å²) in [5.41, 5.74) is 0. The van der Waals surface area contributed by atoms with Gasteiger partial charge < -0.3 is 24.4 Å². The van der Waals surface area contributed by atoms with Gasteiger partial charge in [0.1, 0.15) is 30.0 Å². The molecule has 7 atom stereocenters. The van der Waals surface area contributed by atoms with Gasteiger partial charge in [-0.05, 0) is 96.8 Å². The minimum Gasteiger partial charge on any atom is -0.550 e. The summed E-state index contributed by atoms with van der Waals surface area (Å²) in [6, 6.07) is 1.20. The summed E-state index contributed by atoms with van der Waals surface area (Å²) in [5.74, 6) is 1.30. The summed E-state index contributed by atoms with van der Waals surface area (Å²) < 4.78 is 7.30. The fourth-order valence-corrected chi connectivity index (χ4v) is 10.8. The Kier molecular flexibility index (Phi) is 26.8. The van der Waals surface area contributed by atoms with Crippen LogP contribution < -0.4 is 5.11 Å². The van der Waals surface area contributed by atoms with E-state index in [0.29, 0.717) is 23.9 Å². The van der Waals surface area contributed by atoms with E-state index in [1.807, 2.05) is 0 Å². The lowest BCUT2D eigenvalue weighted by Crippen LogP contribution is -2.56. The molecule has 0 radical (unpaired) electrons. The molecule has 1 heterocycles. The highest BCUT2D eigenvalue weighted by atomic mass is 16.5. The zero-order valence-electron chi connectivity index (χ0n) is 37.6. The third-order valence-corrected chi connectivity index (χ3v) is 14.3. The van der Waals surface area contributed by atoms with E-state index in [2.05, 4.69) is 44.4 Å². The van der Waals surface area contributed by atoms with E-state index in [0.717, 1.165) is 32.1 Å². The van der Waals surface area contributed by atoms with Crippen LogP contribution in [0, 0.1) is 23.7 Å². The Morgan fingerprint density at radius 3 is 1.22 bits per heavy atom. The fraction of sp³-hybridized carbons (Fsp3) is 0.960. The van der Waals surface area contributed by atoms with E-state index in [-0.39, 0.29) is 18.1 Å². The number of nitrogens with zero attached hydrogens (tertiary/aromatic N) is 2. The smallest absolute Gasteiger partial charge is 0.127 e. The van der Waals surface area contributed by atoms with Crippen molar-refractivity contribution in [3.8, 4) is 0 Å². The van der Waals surface area contributed by atoms with Crippen molar-refractivity contribution < 1.29 is 14.6 Å². The van der Waals surface area contributed by atoms with Crippen LogP contribution in [0.1, 0.15) is 240 Å². The largest absolute Gasteiger partial charge is 0.550 e. The highest BCUT2D eigenvalue weighted by molar-refractivity contribution is 5.68. The quantitative estimate of drug-likeness (QED) is 0.0482. The average molecular weight is 771 g/mol. The highest BCUT2D eigenvalue weighted by Gasteiger charge is 2.57. The summed E-state index contributed by atoms with van der Waals surface area (Å²) >= 11 is 0. The Balaban J connectivity index is 1.54. The molecule has 5 nitrogen and oxygen atoms in total. The molecule has 3 fully saturated rings. The molecular formula is C50H94N2O3. The Labute approximate surface area is 343 Å². The van der Waals surface area contributed by atoms with Crippen LogP contribution in [0.15, 0.2) is 0 Å². The zero-order chi connectivity index (χ0) is 39.5. The van der Waals surface area contributed by atoms with Crippen LogP contribution in [0.25, 0.3) is 0 Å². The molecule has 55 heavy (non-hydrogen) atoms. The molecule has 0 amide bonds. The number of carbonyl (C=O) groups excluding carboxylic acids is 1. The molecule has 322 valence electrons. The van der Waals surface area contributed by atoms with Crippen LogP contribution in [0.3, 0.4) is 0 Å². The number of fused-ring (bicyclic) bond motifs is 2. The number of unbranched alkanes of at least 4 members (excludes halogenated alkanes) is 19. The molecule has 2 aliphatic carbocycles. The normalized spacial score (nSPS) is 24.7. The van der Waals surface area contributed by atoms with Gasteiger partial charge in [-0.1, -0.05) is 163 Å². The molecule has 5 heteroatoms. The van der Waals surface area contributed by atoms with Crippen molar-refractivity contribution in [1.29, 1.82) is 0 Å². The SMILES string of the molecule is CCCCCCCCCCCCCCCCCCC(C[C+]1C2CCC(N(CCCC)CCCC)CC2OC2CC(N(CCCC)CCCC)CCC12)C(=O)[O-]. The van der Waals surface area contributed by atoms with Gasteiger partial charge in [0.05, 0.1) is 6.42 Å². The number of carbonyl (C=O) groups is 1.